The van der Waals surface area contributed by atoms with Crippen LogP contribution in [0.5, 0.6) is 5.75 Å². The number of aliphatic carboxylic acids is 1. The van der Waals surface area contributed by atoms with Crippen LogP contribution in [-0.2, 0) is 4.79 Å². The monoisotopic (exact) mass is 195 g/mol. The Morgan fingerprint density at radius 1 is 1.57 bits per heavy atom. The normalized spacial score (nSPS) is 12.1. The van der Waals surface area contributed by atoms with Crippen LogP contribution in [-0.4, -0.2) is 24.7 Å². The Balaban J connectivity index is 3.08. The van der Waals surface area contributed by atoms with Crippen LogP contribution in [0.4, 0.5) is 0 Å². The zero-order valence-corrected chi connectivity index (χ0v) is 7.93. The van der Waals surface area contributed by atoms with Crippen molar-refractivity contribution in [2.75, 3.05) is 13.7 Å². The average molecular weight is 195 g/mol. The first-order chi connectivity index (χ1) is 6.70. The van der Waals surface area contributed by atoms with Crippen molar-refractivity contribution in [3.8, 4) is 5.75 Å². The molecule has 1 unspecified atom stereocenters. The highest BCUT2D eigenvalue weighted by Gasteiger charge is 2.20. The Labute approximate surface area is 82.3 Å². The molecule has 0 saturated heterocycles. The second kappa shape index (κ2) is 4.62. The van der Waals surface area contributed by atoms with Crippen molar-refractivity contribution in [1.82, 2.24) is 0 Å². The zero-order valence-electron chi connectivity index (χ0n) is 7.93. The molecule has 0 bridgehead atoms. The number of rotatable bonds is 4. The molecule has 0 aliphatic heterocycles. The van der Waals surface area contributed by atoms with Crippen molar-refractivity contribution in [2.45, 2.75) is 5.92 Å². The minimum absolute atomic E-state index is 0.0652. The Morgan fingerprint density at radius 2 is 2.21 bits per heavy atom. The fourth-order valence-electron chi connectivity index (χ4n) is 1.32. The summed E-state index contributed by atoms with van der Waals surface area (Å²) < 4.78 is 5.06. The maximum Gasteiger partial charge on any atom is 0.312 e. The molecule has 1 rings (SSSR count). The number of benzene rings is 1. The molecule has 1 aromatic rings. The average Bonchev–Trinajstić information content (AvgIpc) is 2.19. The molecule has 0 fully saturated rings. The van der Waals surface area contributed by atoms with Gasteiger partial charge in [-0.15, -0.1) is 0 Å². The highest BCUT2D eigenvalue weighted by molar-refractivity contribution is 5.77. The predicted molar refractivity (Wildman–Crippen MR) is 52.4 cm³/mol. The van der Waals surface area contributed by atoms with Gasteiger partial charge in [-0.2, -0.15) is 0 Å². The number of methoxy groups -OCH3 is 1. The van der Waals surface area contributed by atoms with Gasteiger partial charge in [-0.3, -0.25) is 4.79 Å². The number of para-hydroxylation sites is 1. The summed E-state index contributed by atoms with van der Waals surface area (Å²) in [5.41, 5.74) is 6.01. The lowest BCUT2D eigenvalue weighted by Gasteiger charge is -2.13. The quantitative estimate of drug-likeness (QED) is 0.746. The number of hydrogen-bond donors (Lipinski definition) is 2. The van der Waals surface area contributed by atoms with Crippen molar-refractivity contribution in [3.05, 3.63) is 29.8 Å². The van der Waals surface area contributed by atoms with Crippen LogP contribution in [0.3, 0.4) is 0 Å². The molecular weight excluding hydrogens is 182 g/mol. The van der Waals surface area contributed by atoms with Crippen LogP contribution in [0.1, 0.15) is 11.5 Å². The molecule has 0 amide bonds. The second-order valence-electron chi connectivity index (χ2n) is 2.87. The highest BCUT2D eigenvalue weighted by atomic mass is 16.5. The summed E-state index contributed by atoms with van der Waals surface area (Å²) in [6.45, 7) is 0.0652. The molecule has 0 aliphatic carbocycles. The Bertz CT molecular complexity index is 325. The van der Waals surface area contributed by atoms with Gasteiger partial charge in [0, 0.05) is 12.1 Å². The fraction of sp³-hybridized carbons (Fsp3) is 0.300. The van der Waals surface area contributed by atoms with Gasteiger partial charge in [-0.1, -0.05) is 18.2 Å². The van der Waals surface area contributed by atoms with E-state index < -0.39 is 11.9 Å². The first kappa shape index (κ1) is 10.5. The number of carbonyl (C=O) groups is 1. The smallest absolute Gasteiger partial charge is 0.312 e. The van der Waals surface area contributed by atoms with E-state index in [1.54, 1.807) is 24.3 Å². The first-order valence-electron chi connectivity index (χ1n) is 4.26. The number of hydrogen-bond acceptors (Lipinski definition) is 3. The molecule has 0 radical (unpaired) electrons. The van der Waals surface area contributed by atoms with Gasteiger partial charge >= 0.3 is 5.97 Å². The molecular formula is C10H13NO3. The van der Waals surface area contributed by atoms with Crippen molar-refractivity contribution in [1.29, 1.82) is 0 Å². The molecule has 0 aliphatic rings. The molecule has 76 valence electrons. The van der Waals surface area contributed by atoms with Gasteiger partial charge in [0.25, 0.3) is 0 Å². The first-order valence-corrected chi connectivity index (χ1v) is 4.26. The summed E-state index contributed by atoms with van der Waals surface area (Å²) in [5, 5.41) is 8.91. The van der Waals surface area contributed by atoms with Crippen LogP contribution in [0, 0.1) is 0 Å². The van der Waals surface area contributed by atoms with E-state index in [0.29, 0.717) is 11.3 Å². The summed E-state index contributed by atoms with van der Waals surface area (Å²) in [6, 6.07) is 6.99. The van der Waals surface area contributed by atoms with Gasteiger partial charge in [0.2, 0.25) is 0 Å². The minimum atomic E-state index is -0.933. The van der Waals surface area contributed by atoms with Gasteiger partial charge < -0.3 is 15.6 Å². The van der Waals surface area contributed by atoms with E-state index in [1.165, 1.54) is 7.11 Å². The van der Waals surface area contributed by atoms with Gasteiger partial charge in [0.05, 0.1) is 13.0 Å². The summed E-state index contributed by atoms with van der Waals surface area (Å²) >= 11 is 0. The van der Waals surface area contributed by atoms with E-state index >= 15 is 0 Å². The minimum Gasteiger partial charge on any atom is -0.496 e. The Morgan fingerprint density at radius 3 is 2.71 bits per heavy atom. The lowest BCUT2D eigenvalue weighted by atomic mass is 9.98. The topological polar surface area (TPSA) is 72.5 Å². The second-order valence-corrected chi connectivity index (χ2v) is 2.87. The van der Waals surface area contributed by atoms with Gasteiger partial charge in [0.15, 0.2) is 0 Å². The Kier molecular flexibility index (Phi) is 3.48. The van der Waals surface area contributed by atoms with Crippen molar-refractivity contribution in [3.63, 3.8) is 0 Å². The highest BCUT2D eigenvalue weighted by Crippen LogP contribution is 2.25. The van der Waals surface area contributed by atoms with Crippen LogP contribution in [0.25, 0.3) is 0 Å². The number of carboxylic acids is 1. The molecule has 14 heavy (non-hydrogen) atoms. The SMILES string of the molecule is COc1ccccc1C(CN)C(=O)O. The molecule has 0 saturated carbocycles. The third-order valence-electron chi connectivity index (χ3n) is 2.05. The molecule has 4 nitrogen and oxygen atoms in total. The number of carboxylic acid groups (broad SMARTS) is 1. The maximum absolute atomic E-state index is 10.9. The zero-order chi connectivity index (χ0) is 10.6. The van der Waals surface area contributed by atoms with E-state index in [4.69, 9.17) is 15.6 Å². The predicted octanol–water partition coefficient (Wildman–Crippen LogP) is 0.822. The summed E-state index contributed by atoms with van der Waals surface area (Å²) in [5.74, 6) is -1.08. The van der Waals surface area contributed by atoms with Crippen molar-refractivity contribution >= 4 is 5.97 Å². The van der Waals surface area contributed by atoms with Crippen LogP contribution in [0.15, 0.2) is 24.3 Å². The molecule has 0 aromatic heterocycles. The lowest BCUT2D eigenvalue weighted by molar-refractivity contribution is -0.138. The van der Waals surface area contributed by atoms with Crippen molar-refractivity contribution < 1.29 is 14.6 Å². The van der Waals surface area contributed by atoms with E-state index in [2.05, 4.69) is 0 Å². The molecule has 0 heterocycles. The van der Waals surface area contributed by atoms with Crippen molar-refractivity contribution in [2.24, 2.45) is 5.73 Å². The van der Waals surface area contributed by atoms with E-state index in [-0.39, 0.29) is 6.54 Å². The molecule has 0 spiro atoms. The molecule has 1 atom stereocenters. The van der Waals surface area contributed by atoms with Crippen LogP contribution >= 0.6 is 0 Å². The summed E-state index contributed by atoms with van der Waals surface area (Å²) in [4.78, 5) is 10.9. The standard InChI is InChI=1S/C10H13NO3/c1-14-9-5-3-2-4-7(9)8(6-11)10(12)13/h2-5,8H,6,11H2,1H3,(H,12,13). The van der Waals surface area contributed by atoms with E-state index in [0.717, 1.165) is 0 Å². The number of nitrogens with two attached hydrogens (primary N) is 1. The van der Waals surface area contributed by atoms with Gasteiger partial charge in [-0.05, 0) is 6.07 Å². The molecule has 3 N–H and O–H groups in total. The third kappa shape index (κ3) is 2.03. The largest absolute Gasteiger partial charge is 0.496 e. The lowest BCUT2D eigenvalue weighted by Crippen LogP contribution is -2.21. The third-order valence-corrected chi connectivity index (χ3v) is 2.05. The molecule has 1 aromatic carbocycles. The van der Waals surface area contributed by atoms with Crippen LogP contribution in [0.2, 0.25) is 0 Å². The van der Waals surface area contributed by atoms with Gasteiger partial charge in [-0.25, -0.2) is 0 Å². The maximum atomic E-state index is 10.9. The van der Waals surface area contributed by atoms with Crippen LogP contribution < -0.4 is 10.5 Å². The number of ether oxygens (including phenoxy) is 1. The van der Waals surface area contributed by atoms with Gasteiger partial charge in [0.1, 0.15) is 5.75 Å². The van der Waals surface area contributed by atoms with E-state index in [1.807, 2.05) is 0 Å². The summed E-state index contributed by atoms with van der Waals surface area (Å²) in [6.07, 6.45) is 0. The Hall–Kier alpha value is -1.55. The van der Waals surface area contributed by atoms with E-state index in [9.17, 15) is 4.79 Å². The summed E-state index contributed by atoms with van der Waals surface area (Å²) in [7, 11) is 1.51. The fourth-order valence-corrected chi connectivity index (χ4v) is 1.32. The molecule has 4 heteroatoms.